The standard InChI is InChI=1S/C15H17Cl2NO3/c1-9(2)8-13(15(20)21)18-14(19)7-6-10-11(16)4-3-5-12(10)17/h3-7,9,13H,8H2,1-2H3,(H,18,19)(H,20,21)/b7-6+. The molecule has 1 amide bonds. The summed E-state index contributed by atoms with van der Waals surface area (Å²) in [6, 6.07) is 4.10. The number of rotatable bonds is 6. The van der Waals surface area contributed by atoms with E-state index >= 15 is 0 Å². The number of hydrogen-bond donors (Lipinski definition) is 2. The maximum absolute atomic E-state index is 11.8. The van der Waals surface area contributed by atoms with Gasteiger partial charge in [0.05, 0.1) is 0 Å². The van der Waals surface area contributed by atoms with Crippen molar-refractivity contribution >= 4 is 41.2 Å². The molecule has 0 heterocycles. The van der Waals surface area contributed by atoms with Crippen LogP contribution in [0, 0.1) is 5.92 Å². The first-order valence-corrected chi connectivity index (χ1v) is 7.22. The Labute approximate surface area is 133 Å². The second-order valence-corrected chi connectivity index (χ2v) is 5.81. The number of carboxylic acid groups (broad SMARTS) is 1. The van der Waals surface area contributed by atoms with Crippen LogP contribution in [0.2, 0.25) is 10.0 Å². The van der Waals surface area contributed by atoms with Gasteiger partial charge in [0.25, 0.3) is 0 Å². The van der Waals surface area contributed by atoms with Gasteiger partial charge < -0.3 is 10.4 Å². The molecule has 2 N–H and O–H groups in total. The Morgan fingerprint density at radius 2 is 1.86 bits per heavy atom. The van der Waals surface area contributed by atoms with E-state index in [9.17, 15) is 9.59 Å². The van der Waals surface area contributed by atoms with Crippen LogP contribution in [-0.4, -0.2) is 23.0 Å². The van der Waals surface area contributed by atoms with Gasteiger partial charge in [0, 0.05) is 21.7 Å². The summed E-state index contributed by atoms with van der Waals surface area (Å²) in [6.07, 6.45) is 3.05. The number of aliphatic carboxylic acids is 1. The molecule has 4 nitrogen and oxygen atoms in total. The minimum Gasteiger partial charge on any atom is -0.480 e. The first-order chi connectivity index (χ1) is 9.81. The zero-order valence-corrected chi connectivity index (χ0v) is 13.3. The normalized spacial score (nSPS) is 12.6. The third-order valence-corrected chi connectivity index (χ3v) is 3.38. The minimum atomic E-state index is -1.05. The van der Waals surface area contributed by atoms with E-state index in [4.69, 9.17) is 28.3 Å². The number of benzene rings is 1. The second kappa shape index (κ2) is 8.05. The highest BCUT2D eigenvalue weighted by Crippen LogP contribution is 2.25. The zero-order valence-electron chi connectivity index (χ0n) is 11.8. The monoisotopic (exact) mass is 329 g/mol. The third kappa shape index (κ3) is 5.78. The second-order valence-electron chi connectivity index (χ2n) is 5.00. The summed E-state index contributed by atoms with van der Waals surface area (Å²) in [5.74, 6) is -1.39. The maximum Gasteiger partial charge on any atom is 0.326 e. The molecule has 1 atom stereocenters. The quantitative estimate of drug-likeness (QED) is 0.783. The molecule has 0 aliphatic rings. The molecular formula is C15H17Cl2NO3. The van der Waals surface area contributed by atoms with Gasteiger partial charge in [-0.1, -0.05) is 43.1 Å². The van der Waals surface area contributed by atoms with Crippen molar-refractivity contribution in [3.8, 4) is 0 Å². The van der Waals surface area contributed by atoms with Crippen molar-refractivity contribution in [2.45, 2.75) is 26.3 Å². The highest BCUT2D eigenvalue weighted by atomic mass is 35.5. The van der Waals surface area contributed by atoms with Crippen LogP contribution in [0.1, 0.15) is 25.8 Å². The summed E-state index contributed by atoms with van der Waals surface area (Å²) in [5, 5.41) is 12.3. The number of hydrogen-bond acceptors (Lipinski definition) is 2. The fourth-order valence-corrected chi connectivity index (χ4v) is 2.27. The minimum absolute atomic E-state index is 0.161. The van der Waals surface area contributed by atoms with E-state index in [0.717, 1.165) is 0 Å². The molecule has 0 saturated carbocycles. The van der Waals surface area contributed by atoms with E-state index in [1.807, 2.05) is 13.8 Å². The zero-order chi connectivity index (χ0) is 16.0. The number of carboxylic acids is 1. The fraction of sp³-hybridized carbons (Fsp3) is 0.333. The van der Waals surface area contributed by atoms with E-state index in [1.165, 1.54) is 12.2 Å². The lowest BCUT2D eigenvalue weighted by Crippen LogP contribution is -2.40. The van der Waals surface area contributed by atoms with Crippen LogP contribution in [0.15, 0.2) is 24.3 Å². The Hall–Kier alpha value is -1.52. The molecule has 0 aliphatic carbocycles. The number of carbonyl (C=O) groups excluding carboxylic acids is 1. The topological polar surface area (TPSA) is 66.4 Å². The number of halogens is 2. The molecule has 0 aromatic heterocycles. The molecule has 1 unspecified atom stereocenters. The van der Waals surface area contributed by atoms with Gasteiger partial charge in [-0.25, -0.2) is 4.79 Å². The van der Waals surface area contributed by atoms with Crippen molar-refractivity contribution in [2.75, 3.05) is 0 Å². The van der Waals surface area contributed by atoms with Crippen LogP contribution >= 0.6 is 23.2 Å². The molecule has 0 saturated heterocycles. The van der Waals surface area contributed by atoms with Crippen LogP contribution in [0.4, 0.5) is 0 Å². The van der Waals surface area contributed by atoms with E-state index < -0.39 is 17.9 Å². The average Bonchev–Trinajstić information content (AvgIpc) is 2.36. The molecule has 0 aliphatic heterocycles. The Balaban J connectivity index is 2.76. The van der Waals surface area contributed by atoms with E-state index in [0.29, 0.717) is 22.0 Å². The molecule has 0 spiro atoms. The van der Waals surface area contributed by atoms with Crippen LogP contribution < -0.4 is 5.32 Å². The largest absolute Gasteiger partial charge is 0.480 e. The van der Waals surface area contributed by atoms with Crippen LogP contribution in [0.5, 0.6) is 0 Å². The third-order valence-electron chi connectivity index (χ3n) is 2.72. The molecule has 6 heteroatoms. The first-order valence-electron chi connectivity index (χ1n) is 6.46. The van der Waals surface area contributed by atoms with Crippen LogP contribution in [-0.2, 0) is 9.59 Å². The Morgan fingerprint density at radius 1 is 1.29 bits per heavy atom. The smallest absolute Gasteiger partial charge is 0.326 e. The van der Waals surface area contributed by atoms with Crippen molar-refractivity contribution in [2.24, 2.45) is 5.92 Å². The summed E-state index contributed by atoms with van der Waals surface area (Å²) >= 11 is 12.0. The van der Waals surface area contributed by atoms with Gasteiger partial charge in [0.2, 0.25) is 5.91 Å². The summed E-state index contributed by atoms with van der Waals surface area (Å²) in [6.45, 7) is 3.78. The van der Waals surface area contributed by atoms with Gasteiger partial charge >= 0.3 is 5.97 Å². The predicted molar refractivity (Wildman–Crippen MR) is 84.5 cm³/mol. The van der Waals surface area contributed by atoms with Crippen molar-refractivity contribution < 1.29 is 14.7 Å². The van der Waals surface area contributed by atoms with Crippen molar-refractivity contribution in [3.63, 3.8) is 0 Å². The molecule has 0 fully saturated rings. The average molecular weight is 330 g/mol. The number of carbonyl (C=O) groups is 2. The molecule has 1 aromatic carbocycles. The summed E-state index contributed by atoms with van der Waals surface area (Å²) < 4.78 is 0. The predicted octanol–water partition coefficient (Wildman–Crippen LogP) is 3.62. The van der Waals surface area contributed by atoms with E-state index in [1.54, 1.807) is 18.2 Å². The SMILES string of the molecule is CC(C)CC(NC(=O)/C=C/c1c(Cl)cccc1Cl)C(=O)O. The Bertz CT molecular complexity index is 536. The Morgan fingerprint density at radius 3 is 2.33 bits per heavy atom. The highest BCUT2D eigenvalue weighted by molar-refractivity contribution is 6.37. The lowest BCUT2D eigenvalue weighted by atomic mass is 10.0. The Kier molecular flexibility index (Phi) is 6.72. The van der Waals surface area contributed by atoms with Crippen molar-refractivity contribution in [1.29, 1.82) is 0 Å². The van der Waals surface area contributed by atoms with Gasteiger partial charge in [-0.2, -0.15) is 0 Å². The van der Waals surface area contributed by atoms with Crippen LogP contribution in [0.25, 0.3) is 6.08 Å². The summed E-state index contributed by atoms with van der Waals surface area (Å²) in [7, 11) is 0. The lowest BCUT2D eigenvalue weighted by molar-refractivity contribution is -0.141. The van der Waals surface area contributed by atoms with Gasteiger partial charge in [-0.3, -0.25) is 4.79 Å². The van der Waals surface area contributed by atoms with E-state index in [2.05, 4.69) is 5.32 Å². The maximum atomic E-state index is 11.8. The molecule has 0 radical (unpaired) electrons. The van der Waals surface area contributed by atoms with Gasteiger partial charge in [0.15, 0.2) is 0 Å². The summed E-state index contributed by atoms with van der Waals surface area (Å²) in [5.41, 5.74) is 0.520. The van der Waals surface area contributed by atoms with Crippen molar-refractivity contribution in [1.82, 2.24) is 5.32 Å². The number of nitrogens with one attached hydrogen (secondary N) is 1. The molecule has 1 aromatic rings. The lowest BCUT2D eigenvalue weighted by Gasteiger charge is -2.15. The highest BCUT2D eigenvalue weighted by Gasteiger charge is 2.19. The molecule has 114 valence electrons. The molecular weight excluding hydrogens is 313 g/mol. The number of amides is 1. The van der Waals surface area contributed by atoms with Gasteiger partial charge in [0.1, 0.15) is 6.04 Å². The van der Waals surface area contributed by atoms with Gasteiger partial charge in [-0.15, -0.1) is 0 Å². The van der Waals surface area contributed by atoms with Crippen molar-refractivity contribution in [3.05, 3.63) is 39.9 Å². The first kappa shape index (κ1) is 17.5. The van der Waals surface area contributed by atoms with Crippen LogP contribution in [0.3, 0.4) is 0 Å². The molecule has 0 bridgehead atoms. The molecule has 21 heavy (non-hydrogen) atoms. The van der Waals surface area contributed by atoms with Gasteiger partial charge in [-0.05, 0) is 30.5 Å². The fourth-order valence-electron chi connectivity index (χ4n) is 1.74. The molecule has 1 rings (SSSR count). The van der Waals surface area contributed by atoms with E-state index in [-0.39, 0.29) is 5.92 Å². The summed E-state index contributed by atoms with van der Waals surface area (Å²) in [4.78, 5) is 22.9.